The van der Waals surface area contributed by atoms with Crippen molar-refractivity contribution in [2.75, 3.05) is 73.0 Å². The Bertz CT molecular complexity index is 2540. The van der Waals surface area contributed by atoms with Crippen molar-refractivity contribution in [3.63, 3.8) is 0 Å². The number of carbonyl (C=O) groups excluding carboxylic acids is 4. The number of pyridine rings is 1. The zero-order valence-electron chi connectivity index (χ0n) is 37.3. The first-order valence-corrected chi connectivity index (χ1v) is 22.3. The topological polar surface area (TPSA) is 140 Å². The van der Waals surface area contributed by atoms with Crippen LogP contribution in [-0.2, 0) is 23.2 Å². The van der Waals surface area contributed by atoms with Gasteiger partial charge in [0, 0.05) is 75.7 Å². The summed E-state index contributed by atoms with van der Waals surface area (Å²) in [4.78, 5) is 69.2. The summed E-state index contributed by atoms with van der Waals surface area (Å²) in [7, 11) is 11.6. The molecule has 3 aromatic carbocycles. The Labute approximate surface area is 368 Å². The molecular weight excluding hydrogens is 801 g/mol. The van der Waals surface area contributed by atoms with Crippen LogP contribution >= 0.6 is 0 Å². The first-order valence-electron chi connectivity index (χ1n) is 22.3. The van der Waals surface area contributed by atoms with E-state index in [2.05, 4.69) is 35.5 Å². The lowest BCUT2D eigenvalue weighted by Gasteiger charge is -2.54. The van der Waals surface area contributed by atoms with Gasteiger partial charge in [-0.1, -0.05) is 0 Å². The number of nitrogens with zero attached hydrogens (tertiary/aromatic N) is 5. The molecule has 3 saturated heterocycles. The molecule has 4 amide bonds. The van der Waals surface area contributed by atoms with Gasteiger partial charge in [0.25, 0.3) is 17.4 Å². The minimum atomic E-state index is -0.987. The molecule has 1 unspecified atom stereocenters. The highest BCUT2D eigenvalue weighted by Gasteiger charge is 2.51. The molecule has 4 aliphatic heterocycles. The van der Waals surface area contributed by atoms with Gasteiger partial charge in [-0.05, 0) is 110 Å². The van der Waals surface area contributed by atoms with Crippen LogP contribution in [0.1, 0.15) is 77.6 Å². The number of anilines is 1. The van der Waals surface area contributed by atoms with E-state index in [0.717, 1.165) is 107 Å². The molecule has 14 nitrogen and oxygen atoms in total. The number of fused-ring (bicyclic) bond motifs is 2. The number of carbonyl (C=O) groups is 4. The smallest absolute Gasteiger partial charge is 0.262 e. The first kappa shape index (κ1) is 42.6. The zero-order chi connectivity index (χ0) is 44.4. The van der Waals surface area contributed by atoms with Crippen LogP contribution < -0.4 is 30.0 Å². The molecule has 0 bridgehead atoms. The van der Waals surface area contributed by atoms with Crippen molar-refractivity contribution in [1.29, 1.82) is 0 Å². The number of likely N-dealkylation sites (tertiary alicyclic amines) is 2. The van der Waals surface area contributed by atoms with Crippen LogP contribution in [0.2, 0.25) is 0 Å². The molecule has 1 aromatic heterocycles. The summed E-state index contributed by atoms with van der Waals surface area (Å²) in [6.45, 7) is 6.25. The van der Waals surface area contributed by atoms with E-state index >= 15 is 0 Å². The average molecular weight is 860 g/mol. The van der Waals surface area contributed by atoms with Crippen molar-refractivity contribution < 1.29 is 37.9 Å². The third kappa shape index (κ3) is 7.96. The minimum Gasteiger partial charge on any atom is -0.496 e. The summed E-state index contributed by atoms with van der Waals surface area (Å²) in [5, 5.41) is 3.81. The number of piperidine rings is 3. The summed E-state index contributed by atoms with van der Waals surface area (Å²) in [5.74, 6) is 0.735. The number of quaternary nitrogens is 1. The second-order valence-corrected chi connectivity index (χ2v) is 19.2. The van der Waals surface area contributed by atoms with Crippen LogP contribution in [0, 0.1) is 11.3 Å². The van der Waals surface area contributed by atoms with E-state index in [1.54, 1.807) is 44.0 Å². The lowest BCUT2D eigenvalue weighted by atomic mass is 9.61. The second-order valence-electron chi connectivity index (χ2n) is 19.2. The molecule has 1 spiro atoms. The molecule has 5 heterocycles. The molecule has 14 heteroatoms. The van der Waals surface area contributed by atoms with Crippen molar-refractivity contribution in [3.8, 4) is 28.4 Å². The number of imide groups is 2. The Kier molecular flexibility index (Phi) is 11.1. The molecule has 5 aliphatic rings. The van der Waals surface area contributed by atoms with Crippen molar-refractivity contribution >= 4 is 40.1 Å². The van der Waals surface area contributed by atoms with Crippen molar-refractivity contribution in [1.82, 2.24) is 19.7 Å². The number of amides is 4. The molecular formula is C49H59N6O8+. The largest absolute Gasteiger partial charge is 0.496 e. The van der Waals surface area contributed by atoms with Gasteiger partial charge in [-0.25, -0.2) is 0 Å². The fourth-order valence-electron chi connectivity index (χ4n) is 11.0. The maximum Gasteiger partial charge on any atom is 0.262 e. The number of aryl methyl sites for hydroxylation is 1. The summed E-state index contributed by atoms with van der Waals surface area (Å²) < 4.78 is 21.2. The van der Waals surface area contributed by atoms with Gasteiger partial charge in [0.1, 0.15) is 23.3 Å². The quantitative estimate of drug-likeness (QED) is 0.155. The zero-order valence-corrected chi connectivity index (χ0v) is 37.3. The van der Waals surface area contributed by atoms with Crippen LogP contribution in [0.15, 0.2) is 59.5 Å². The predicted octanol–water partition coefficient (Wildman–Crippen LogP) is 5.37. The third-order valence-corrected chi connectivity index (χ3v) is 14.8. The molecule has 1 aliphatic carbocycles. The van der Waals surface area contributed by atoms with E-state index in [-0.39, 0.29) is 41.0 Å². The van der Waals surface area contributed by atoms with Gasteiger partial charge >= 0.3 is 0 Å². The van der Waals surface area contributed by atoms with Gasteiger partial charge in [0.05, 0.1) is 63.7 Å². The molecule has 4 aromatic rings. The Morgan fingerprint density at radius 2 is 1.51 bits per heavy atom. The number of rotatable bonds is 11. The number of benzene rings is 3. The summed E-state index contributed by atoms with van der Waals surface area (Å²) in [5.41, 5.74) is 4.69. The molecule has 332 valence electrons. The van der Waals surface area contributed by atoms with Crippen LogP contribution in [0.25, 0.3) is 21.9 Å². The van der Waals surface area contributed by atoms with Gasteiger partial charge in [0.2, 0.25) is 11.8 Å². The van der Waals surface area contributed by atoms with Gasteiger partial charge in [-0.15, -0.1) is 0 Å². The Balaban J connectivity index is 0.776. The molecule has 1 N–H and O–H groups in total. The van der Waals surface area contributed by atoms with Gasteiger partial charge < -0.3 is 28.2 Å². The summed E-state index contributed by atoms with van der Waals surface area (Å²) >= 11 is 0. The number of hydrogen-bond acceptors (Lipinski definition) is 10. The number of aromatic nitrogens is 1. The van der Waals surface area contributed by atoms with E-state index in [4.69, 9.17) is 14.2 Å². The fraction of sp³-hybridized carbons (Fsp3) is 0.490. The van der Waals surface area contributed by atoms with Crippen molar-refractivity contribution in [2.24, 2.45) is 18.4 Å². The van der Waals surface area contributed by atoms with Gasteiger partial charge in [0.15, 0.2) is 0 Å². The Hall–Kier alpha value is -5.73. The highest BCUT2D eigenvalue weighted by Crippen LogP contribution is 2.52. The lowest BCUT2D eigenvalue weighted by molar-refractivity contribution is -0.920. The van der Waals surface area contributed by atoms with Crippen molar-refractivity contribution in [2.45, 2.75) is 70.1 Å². The van der Waals surface area contributed by atoms with Crippen LogP contribution in [0.4, 0.5) is 5.69 Å². The van der Waals surface area contributed by atoms with Crippen LogP contribution in [-0.4, -0.2) is 123 Å². The van der Waals surface area contributed by atoms with Gasteiger partial charge in [-0.2, -0.15) is 0 Å². The maximum atomic E-state index is 13.3. The molecule has 63 heavy (non-hydrogen) atoms. The van der Waals surface area contributed by atoms with E-state index in [1.807, 2.05) is 37.3 Å². The minimum absolute atomic E-state index is 0.0318. The van der Waals surface area contributed by atoms with E-state index in [9.17, 15) is 24.0 Å². The highest BCUT2D eigenvalue weighted by atomic mass is 16.5. The monoisotopic (exact) mass is 859 g/mol. The standard InChI is InChI=1S/C49H58N6O8/c1-51(2)32-7-9-35-37(23-32)39(27-52(3)46(35)58)31-21-42(61-5)40(43(22-31)62-6)28-53-17-13-30(14-18-53)29-55(4)19-15-49(16-20-55)25-34(26-49)63-33-8-10-36-38(24-33)48(60)54(47(36)59)41-11-12-44(56)50-45(41)57/h7-10,21-24,27,30,34,41H,11-20,25-26,28-29H2,1-6H3/p+1. The maximum absolute atomic E-state index is 13.3. The Morgan fingerprint density at radius 1 is 0.825 bits per heavy atom. The molecule has 1 saturated carbocycles. The van der Waals surface area contributed by atoms with Crippen LogP contribution in [0.3, 0.4) is 0 Å². The predicted molar refractivity (Wildman–Crippen MR) is 239 cm³/mol. The number of ether oxygens (including phenoxy) is 3. The average Bonchev–Trinajstić information content (AvgIpc) is 3.50. The summed E-state index contributed by atoms with van der Waals surface area (Å²) in [6, 6.07) is 14.1. The highest BCUT2D eigenvalue weighted by molar-refractivity contribution is 6.23. The summed E-state index contributed by atoms with van der Waals surface area (Å²) in [6.07, 6.45) is 8.76. The second kappa shape index (κ2) is 16.4. The Morgan fingerprint density at radius 3 is 2.16 bits per heavy atom. The number of hydrogen-bond donors (Lipinski definition) is 1. The number of methoxy groups -OCH3 is 2. The van der Waals surface area contributed by atoms with Gasteiger partial charge in [-0.3, -0.25) is 39.1 Å². The molecule has 9 rings (SSSR count). The van der Waals surface area contributed by atoms with E-state index in [0.29, 0.717) is 17.1 Å². The normalized spacial score (nSPS) is 25.3. The molecule has 4 fully saturated rings. The third-order valence-electron chi connectivity index (χ3n) is 14.8. The number of nitrogens with one attached hydrogen (secondary N) is 1. The fourth-order valence-corrected chi connectivity index (χ4v) is 11.0. The first-order chi connectivity index (χ1) is 30.2. The SMILES string of the molecule is COc1cc(-c2cn(C)c(=O)c3ccc(N(C)C)cc23)cc(OC)c1CN1CCC(C[N+]2(C)CCC3(CC2)CC(Oc2ccc4c(c2)C(=O)N(C2CCC(=O)NC2=O)C4=O)C3)CC1. The van der Waals surface area contributed by atoms with Crippen molar-refractivity contribution in [3.05, 3.63) is 81.8 Å². The van der Waals surface area contributed by atoms with E-state index in [1.165, 1.54) is 19.4 Å². The van der Waals surface area contributed by atoms with E-state index < -0.39 is 29.7 Å². The molecule has 1 atom stereocenters. The lowest BCUT2D eigenvalue weighted by Crippen LogP contribution is -2.59. The molecule has 0 radical (unpaired) electrons. The van der Waals surface area contributed by atoms with Crippen LogP contribution in [0.5, 0.6) is 17.2 Å².